The maximum absolute atomic E-state index is 13.3. The van der Waals surface area contributed by atoms with Crippen LogP contribution in [0.3, 0.4) is 0 Å². The van der Waals surface area contributed by atoms with Crippen LogP contribution in [-0.2, 0) is 11.2 Å². The summed E-state index contributed by atoms with van der Waals surface area (Å²) in [7, 11) is 1.72. The third kappa shape index (κ3) is 4.03. The number of nitrogens with zero attached hydrogens (tertiary/aromatic N) is 2. The van der Waals surface area contributed by atoms with Crippen LogP contribution in [0.1, 0.15) is 44.6 Å². The van der Waals surface area contributed by atoms with Crippen molar-refractivity contribution in [1.29, 1.82) is 0 Å². The Morgan fingerprint density at radius 2 is 2.10 bits per heavy atom. The van der Waals surface area contributed by atoms with E-state index in [0.717, 1.165) is 27.8 Å². The molecule has 3 N–H and O–H groups in total. The number of fused-ring (bicyclic) bond motifs is 1. The number of anilines is 1. The number of hydrogen-bond acceptors (Lipinski definition) is 6. The number of aliphatic hydroxyl groups excluding tert-OH is 1. The van der Waals surface area contributed by atoms with Crippen LogP contribution in [0.25, 0.3) is 0 Å². The molecule has 2 aliphatic rings. The van der Waals surface area contributed by atoms with Crippen molar-refractivity contribution in [2.24, 2.45) is 4.99 Å². The molecule has 1 saturated heterocycles. The van der Waals surface area contributed by atoms with E-state index in [-0.39, 0.29) is 12.6 Å². The van der Waals surface area contributed by atoms with Gasteiger partial charge in [0.2, 0.25) is 0 Å². The van der Waals surface area contributed by atoms with Gasteiger partial charge in [0.15, 0.2) is 6.73 Å². The number of amides is 1. The van der Waals surface area contributed by atoms with Crippen molar-refractivity contribution >= 4 is 17.8 Å². The summed E-state index contributed by atoms with van der Waals surface area (Å²) in [5, 5.41) is 10.4. The van der Waals surface area contributed by atoms with Crippen molar-refractivity contribution in [2.45, 2.75) is 38.8 Å². The van der Waals surface area contributed by atoms with Crippen molar-refractivity contribution in [3.63, 3.8) is 0 Å². The molecule has 2 aromatic carbocycles. The molecule has 2 aromatic rings. The lowest BCUT2D eigenvalue weighted by Crippen LogP contribution is -2.55. The van der Waals surface area contributed by atoms with E-state index in [9.17, 15) is 9.90 Å². The lowest BCUT2D eigenvalue weighted by molar-refractivity contribution is -0.0697. The molecule has 2 atom stereocenters. The molecule has 0 spiro atoms. The fourth-order valence-electron chi connectivity index (χ4n) is 4.30. The molecule has 0 radical (unpaired) electrons. The van der Waals surface area contributed by atoms with E-state index in [1.54, 1.807) is 18.2 Å². The van der Waals surface area contributed by atoms with Crippen molar-refractivity contribution < 1.29 is 19.4 Å². The molecule has 4 rings (SSSR count). The van der Waals surface area contributed by atoms with E-state index in [0.29, 0.717) is 43.1 Å². The van der Waals surface area contributed by atoms with Gasteiger partial charge < -0.3 is 20.3 Å². The first kappa shape index (κ1) is 21.3. The molecule has 1 amide bonds. The fraction of sp³-hybridized carbons (Fsp3) is 0.417. The maximum atomic E-state index is 13.3. The molecule has 31 heavy (non-hydrogen) atoms. The number of carbonyl (C=O) groups excluding carboxylic acids is 1. The quantitative estimate of drug-likeness (QED) is 0.582. The van der Waals surface area contributed by atoms with Gasteiger partial charge in [-0.3, -0.25) is 14.7 Å². The van der Waals surface area contributed by atoms with Crippen molar-refractivity contribution in [2.75, 3.05) is 32.7 Å². The van der Waals surface area contributed by atoms with Crippen LogP contribution >= 0.6 is 0 Å². The predicted molar refractivity (Wildman–Crippen MR) is 120 cm³/mol. The highest BCUT2D eigenvalue weighted by atomic mass is 16.5. The number of aliphatic hydroxyl groups is 1. The number of ether oxygens (including phenoxy) is 2. The van der Waals surface area contributed by atoms with Crippen LogP contribution in [0.4, 0.5) is 5.69 Å². The topological polar surface area (TPSA) is 97.4 Å². The van der Waals surface area contributed by atoms with Crippen LogP contribution < -0.4 is 10.5 Å². The molecule has 0 aliphatic carbocycles. The minimum atomic E-state index is -0.609. The second-order valence-corrected chi connectivity index (χ2v) is 8.24. The first-order valence-electron chi connectivity index (χ1n) is 10.5. The van der Waals surface area contributed by atoms with E-state index in [1.165, 1.54) is 0 Å². The van der Waals surface area contributed by atoms with Gasteiger partial charge in [-0.2, -0.15) is 0 Å². The molecule has 0 saturated carbocycles. The van der Waals surface area contributed by atoms with Crippen LogP contribution in [0, 0.1) is 13.8 Å². The standard InChI is InChI=1S/C24H29N3O4/c1-14-15(2)23-19(24(29)27(13-31-23)21-12-30-7-6-22(21)28)10-18(14)8-16-4-5-17(11-26-3)20(25)9-16/h4-5,9-11,21-22,28H,6-8,12-13,25H2,1-3H3/t21-,22-/m0/s1. The molecule has 0 aromatic heterocycles. The zero-order valence-electron chi connectivity index (χ0n) is 18.2. The van der Waals surface area contributed by atoms with Gasteiger partial charge in [-0.25, -0.2) is 0 Å². The zero-order chi connectivity index (χ0) is 22.1. The van der Waals surface area contributed by atoms with Crippen LogP contribution in [-0.4, -0.2) is 61.3 Å². The van der Waals surface area contributed by atoms with Gasteiger partial charge in [0, 0.05) is 31.1 Å². The number of nitrogens with two attached hydrogens (primary N) is 1. The van der Waals surface area contributed by atoms with Gasteiger partial charge >= 0.3 is 0 Å². The summed E-state index contributed by atoms with van der Waals surface area (Å²) >= 11 is 0. The smallest absolute Gasteiger partial charge is 0.260 e. The molecule has 0 unspecified atom stereocenters. The van der Waals surface area contributed by atoms with Gasteiger partial charge in [0.05, 0.1) is 24.3 Å². The molecule has 2 heterocycles. The molecular weight excluding hydrogens is 394 g/mol. The Morgan fingerprint density at radius 1 is 1.29 bits per heavy atom. The first-order chi connectivity index (χ1) is 14.9. The molecule has 2 aliphatic heterocycles. The third-order valence-corrected chi connectivity index (χ3v) is 6.29. The molecular formula is C24H29N3O4. The lowest BCUT2D eigenvalue weighted by atomic mass is 9.92. The summed E-state index contributed by atoms with van der Waals surface area (Å²) in [5.74, 6) is 0.497. The number of nitrogen functional groups attached to an aromatic ring is 1. The molecule has 7 heteroatoms. The van der Waals surface area contributed by atoms with Crippen LogP contribution in [0.2, 0.25) is 0 Å². The molecule has 164 valence electrons. The number of aliphatic imine (C=N–C) groups is 1. The second kappa shape index (κ2) is 8.69. The minimum absolute atomic E-state index is 0.119. The van der Waals surface area contributed by atoms with Crippen LogP contribution in [0.15, 0.2) is 29.3 Å². The number of rotatable bonds is 4. The van der Waals surface area contributed by atoms with Crippen LogP contribution in [0.5, 0.6) is 5.75 Å². The van der Waals surface area contributed by atoms with Gasteiger partial charge in [-0.05, 0) is 61.1 Å². The summed E-state index contributed by atoms with van der Waals surface area (Å²) in [6, 6.07) is 7.46. The summed E-state index contributed by atoms with van der Waals surface area (Å²) in [6.45, 7) is 4.97. The second-order valence-electron chi connectivity index (χ2n) is 8.24. The Kier molecular flexibility index (Phi) is 5.98. The monoisotopic (exact) mass is 423 g/mol. The average Bonchev–Trinajstić information content (AvgIpc) is 2.75. The molecule has 1 fully saturated rings. The molecule has 0 bridgehead atoms. The summed E-state index contributed by atoms with van der Waals surface area (Å²) < 4.78 is 11.5. The first-order valence-corrected chi connectivity index (χ1v) is 10.5. The number of hydrogen-bond donors (Lipinski definition) is 2. The van der Waals surface area contributed by atoms with E-state index < -0.39 is 12.1 Å². The summed E-state index contributed by atoms with van der Waals surface area (Å²) in [6.07, 6.45) is 2.29. The van der Waals surface area contributed by atoms with E-state index in [4.69, 9.17) is 15.2 Å². The Morgan fingerprint density at radius 3 is 2.81 bits per heavy atom. The van der Waals surface area contributed by atoms with Crippen molar-refractivity contribution in [3.8, 4) is 5.75 Å². The molecule has 7 nitrogen and oxygen atoms in total. The van der Waals surface area contributed by atoms with E-state index in [2.05, 4.69) is 4.99 Å². The lowest BCUT2D eigenvalue weighted by Gasteiger charge is -2.40. The SMILES string of the molecule is CN=Cc1ccc(Cc2cc3c(c(C)c2C)OCN([C@H]2COCC[C@@H]2O)C3=O)cc1N. The fourth-order valence-corrected chi connectivity index (χ4v) is 4.30. The highest BCUT2D eigenvalue weighted by Gasteiger charge is 2.37. The van der Waals surface area contributed by atoms with E-state index >= 15 is 0 Å². The normalized spacial score (nSPS) is 21.3. The third-order valence-electron chi connectivity index (χ3n) is 6.29. The highest BCUT2D eigenvalue weighted by Crippen LogP contribution is 2.35. The Balaban J connectivity index is 1.65. The highest BCUT2D eigenvalue weighted by molar-refractivity contribution is 5.99. The minimum Gasteiger partial charge on any atom is -0.472 e. The van der Waals surface area contributed by atoms with Gasteiger partial charge in [0.25, 0.3) is 5.91 Å². The van der Waals surface area contributed by atoms with Crippen molar-refractivity contribution in [3.05, 3.63) is 57.6 Å². The van der Waals surface area contributed by atoms with Gasteiger partial charge in [-0.15, -0.1) is 0 Å². The predicted octanol–water partition coefficient (Wildman–Crippen LogP) is 2.47. The Hall–Kier alpha value is -2.90. The average molecular weight is 424 g/mol. The zero-order valence-corrected chi connectivity index (χ0v) is 18.2. The summed E-state index contributed by atoms with van der Waals surface area (Å²) in [4.78, 5) is 19.0. The van der Waals surface area contributed by atoms with Gasteiger partial charge in [0.1, 0.15) is 5.75 Å². The Bertz CT molecular complexity index is 1030. The number of carbonyl (C=O) groups is 1. The van der Waals surface area contributed by atoms with Crippen molar-refractivity contribution in [1.82, 2.24) is 4.90 Å². The number of benzene rings is 2. The Labute approximate surface area is 182 Å². The summed E-state index contributed by atoms with van der Waals surface area (Å²) in [5.41, 5.74) is 12.4. The largest absolute Gasteiger partial charge is 0.472 e. The van der Waals surface area contributed by atoms with Gasteiger partial charge in [-0.1, -0.05) is 12.1 Å². The maximum Gasteiger partial charge on any atom is 0.260 e. The van der Waals surface area contributed by atoms with E-state index in [1.807, 2.05) is 38.1 Å².